The monoisotopic (exact) mass is 418 g/mol. The Morgan fingerprint density at radius 1 is 1.07 bits per heavy atom. The second-order valence-corrected chi connectivity index (χ2v) is 7.36. The fourth-order valence-corrected chi connectivity index (χ4v) is 3.21. The van der Waals surface area contributed by atoms with Gasteiger partial charge in [-0.25, -0.2) is 0 Å². The van der Waals surface area contributed by atoms with Gasteiger partial charge in [0.15, 0.2) is 6.29 Å². The van der Waals surface area contributed by atoms with Gasteiger partial charge in [0.25, 0.3) is 0 Å². The van der Waals surface area contributed by atoms with Gasteiger partial charge in [0.2, 0.25) is 6.29 Å². The van der Waals surface area contributed by atoms with Crippen molar-refractivity contribution in [2.45, 2.75) is 55.6 Å². The minimum absolute atomic E-state index is 0.0606. The Balaban J connectivity index is 1.64. The third kappa shape index (κ3) is 4.63. The van der Waals surface area contributed by atoms with Gasteiger partial charge in [-0.15, -0.1) is 0 Å². The van der Waals surface area contributed by atoms with E-state index in [2.05, 4.69) is 0 Å². The van der Waals surface area contributed by atoms with Gasteiger partial charge >= 0.3 is 0 Å². The van der Waals surface area contributed by atoms with Gasteiger partial charge in [-0.1, -0.05) is 0 Å². The lowest BCUT2D eigenvalue weighted by atomic mass is 9.99. The van der Waals surface area contributed by atoms with Crippen molar-refractivity contribution in [2.24, 2.45) is 0 Å². The third-order valence-corrected chi connectivity index (χ3v) is 4.96. The molecule has 0 amide bonds. The first kappa shape index (κ1) is 22.2. The molecule has 1 aromatic rings. The highest BCUT2D eigenvalue weighted by atomic mass is 16.7. The summed E-state index contributed by atoms with van der Waals surface area (Å²) < 4.78 is 21.4. The van der Waals surface area contributed by atoms with Gasteiger partial charge in [-0.05, 0) is 24.6 Å². The van der Waals surface area contributed by atoms with Gasteiger partial charge in [-0.2, -0.15) is 0 Å². The van der Waals surface area contributed by atoms with Crippen LogP contribution < -0.4 is 4.74 Å². The predicted molar refractivity (Wildman–Crippen MR) is 93.9 cm³/mol. The average molecular weight is 418 g/mol. The number of hydrogen-bond acceptors (Lipinski definition) is 11. The van der Waals surface area contributed by atoms with Crippen molar-refractivity contribution in [3.05, 3.63) is 23.8 Å². The molecule has 2 heterocycles. The summed E-state index contributed by atoms with van der Waals surface area (Å²) in [5.41, 5.74) is -1.18. The van der Waals surface area contributed by atoms with Crippen LogP contribution in [-0.2, 0) is 14.2 Å². The Kier molecular flexibility index (Phi) is 6.63. The van der Waals surface area contributed by atoms with Crippen LogP contribution in [0.15, 0.2) is 18.2 Å². The summed E-state index contributed by atoms with van der Waals surface area (Å²) in [5, 5.41) is 69.2. The average Bonchev–Trinajstić information content (AvgIpc) is 2.95. The molecule has 29 heavy (non-hydrogen) atoms. The summed E-state index contributed by atoms with van der Waals surface area (Å²) in [7, 11) is 0. The standard InChI is InChI=1S/C18H26O11/c1-8-2-9(20)4-10(3-8)28-16-14(23)13(22)12(21)11(29-16)5-26-17-15(24)18(25,6-19)7-27-17/h2-4,11-17,19-25H,5-7H2,1H3/t11-,12-,13+,14-,15+,16-,17+,18-/m1/s1. The number of aryl methyl sites for hydroxylation is 1. The number of aliphatic hydroxyl groups is 6. The molecule has 0 spiro atoms. The number of rotatable bonds is 6. The Labute approximate surface area is 166 Å². The Hall–Kier alpha value is -1.54. The van der Waals surface area contributed by atoms with Crippen LogP contribution >= 0.6 is 0 Å². The van der Waals surface area contributed by atoms with Crippen LogP contribution in [0.1, 0.15) is 5.56 Å². The normalized spacial score (nSPS) is 40.2. The van der Waals surface area contributed by atoms with E-state index in [1.165, 1.54) is 12.1 Å². The molecule has 0 aromatic heterocycles. The lowest BCUT2D eigenvalue weighted by molar-refractivity contribution is -0.289. The maximum absolute atomic E-state index is 10.2. The van der Waals surface area contributed by atoms with Gasteiger partial charge in [0.05, 0.1) is 19.8 Å². The molecule has 2 aliphatic heterocycles. The first-order valence-electron chi connectivity index (χ1n) is 9.06. The minimum atomic E-state index is -1.87. The summed E-state index contributed by atoms with van der Waals surface area (Å²) in [4.78, 5) is 0. The molecule has 7 N–H and O–H groups in total. The highest BCUT2D eigenvalue weighted by molar-refractivity contribution is 5.37. The van der Waals surface area contributed by atoms with Crippen molar-refractivity contribution in [3.8, 4) is 11.5 Å². The summed E-state index contributed by atoms with van der Waals surface area (Å²) in [5.74, 6) is 0.117. The molecule has 0 unspecified atom stereocenters. The molecular formula is C18H26O11. The van der Waals surface area contributed by atoms with E-state index in [4.69, 9.17) is 24.1 Å². The maximum Gasteiger partial charge on any atom is 0.229 e. The van der Waals surface area contributed by atoms with Crippen molar-refractivity contribution in [1.29, 1.82) is 0 Å². The molecule has 0 aliphatic carbocycles. The van der Waals surface area contributed by atoms with Crippen LogP contribution in [0.4, 0.5) is 0 Å². The highest BCUT2D eigenvalue weighted by Crippen LogP contribution is 2.29. The number of aliphatic hydroxyl groups excluding tert-OH is 5. The van der Waals surface area contributed by atoms with Crippen LogP contribution in [0.3, 0.4) is 0 Å². The van der Waals surface area contributed by atoms with E-state index in [1.807, 2.05) is 0 Å². The summed E-state index contributed by atoms with van der Waals surface area (Å²) in [6, 6.07) is 4.38. The van der Waals surface area contributed by atoms with Crippen LogP contribution in [0.2, 0.25) is 0 Å². The fourth-order valence-electron chi connectivity index (χ4n) is 3.21. The van der Waals surface area contributed by atoms with Gasteiger partial charge in [-0.3, -0.25) is 0 Å². The SMILES string of the molecule is Cc1cc(O)cc(O[C@@H]2O[C@H](CO[C@H]3OC[C@](O)(CO)[C@H]3O)[C@@H](O)[C@H](O)[C@H]2O)c1. The van der Waals surface area contributed by atoms with Gasteiger partial charge in [0.1, 0.15) is 47.6 Å². The van der Waals surface area contributed by atoms with Crippen molar-refractivity contribution >= 4 is 0 Å². The molecule has 11 heteroatoms. The number of ether oxygens (including phenoxy) is 4. The van der Waals surface area contributed by atoms with Crippen LogP contribution in [0.25, 0.3) is 0 Å². The summed E-state index contributed by atoms with van der Waals surface area (Å²) >= 11 is 0. The molecule has 11 nitrogen and oxygen atoms in total. The highest BCUT2D eigenvalue weighted by Gasteiger charge is 2.50. The van der Waals surface area contributed by atoms with Crippen LogP contribution in [-0.4, -0.2) is 104 Å². The van der Waals surface area contributed by atoms with E-state index in [1.54, 1.807) is 13.0 Å². The zero-order valence-electron chi connectivity index (χ0n) is 15.7. The van der Waals surface area contributed by atoms with E-state index in [-0.39, 0.29) is 24.7 Å². The van der Waals surface area contributed by atoms with Gasteiger partial charge in [0, 0.05) is 6.07 Å². The molecule has 0 radical (unpaired) electrons. The lowest BCUT2D eigenvalue weighted by Crippen LogP contribution is -2.60. The van der Waals surface area contributed by atoms with E-state index >= 15 is 0 Å². The summed E-state index contributed by atoms with van der Waals surface area (Å²) in [6.07, 6.45) is -10.1. The molecule has 164 valence electrons. The number of phenols is 1. The summed E-state index contributed by atoms with van der Waals surface area (Å²) in [6.45, 7) is 0.252. The zero-order valence-corrected chi connectivity index (χ0v) is 15.7. The van der Waals surface area contributed by atoms with Crippen LogP contribution in [0, 0.1) is 6.92 Å². The smallest absolute Gasteiger partial charge is 0.229 e. The predicted octanol–water partition coefficient (Wildman–Crippen LogP) is -2.66. The molecule has 2 aliphatic rings. The fraction of sp³-hybridized carbons (Fsp3) is 0.667. The van der Waals surface area contributed by atoms with E-state index < -0.39 is 55.3 Å². The zero-order chi connectivity index (χ0) is 21.3. The first-order valence-corrected chi connectivity index (χ1v) is 9.06. The first-order chi connectivity index (χ1) is 13.6. The van der Waals surface area contributed by atoms with Crippen molar-refractivity contribution in [2.75, 3.05) is 19.8 Å². The number of benzene rings is 1. The van der Waals surface area contributed by atoms with Crippen molar-refractivity contribution in [3.63, 3.8) is 0 Å². The minimum Gasteiger partial charge on any atom is -0.508 e. The number of hydrogen-bond donors (Lipinski definition) is 7. The lowest BCUT2D eigenvalue weighted by Gasteiger charge is -2.40. The molecule has 0 saturated carbocycles. The van der Waals surface area contributed by atoms with Crippen LogP contribution in [0.5, 0.6) is 11.5 Å². The Morgan fingerprint density at radius 2 is 1.79 bits per heavy atom. The molecule has 2 saturated heterocycles. The van der Waals surface area contributed by atoms with Crippen molar-refractivity contribution in [1.82, 2.24) is 0 Å². The molecule has 8 atom stereocenters. The quantitative estimate of drug-likeness (QED) is 0.256. The Morgan fingerprint density at radius 3 is 2.41 bits per heavy atom. The second kappa shape index (κ2) is 8.68. The third-order valence-electron chi connectivity index (χ3n) is 4.96. The molecule has 1 aromatic carbocycles. The maximum atomic E-state index is 10.2. The second-order valence-electron chi connectivity index (χ2n) is 7.36. The molecular weight excluding hydrogens is 392 g/mol. The molecule has 2 fully saturated rings. The van der Waals surface area contributed by atoms with E-state index in [0.717, 1.165) is 0 Å². The molecule has 3 rings (SSSR count). The van der Waals surface area contributed by atoms with Crippen molar-refractivity contribution < 1.29 is 54.7 Å². The molecule has 0 bridgehead atoms. The van der Waals surface area contributed by atoms with E-state index in [0.29, 0.717) is 5.56 Å². The van der Waals surface area contributed by atoms with E-state index in [9.17, 15) is 30.6 Å². The Bertz CT molecular complexity index is 680. The number of phenolic OH excluding ortho intramolecular Hbond substituents is 1. The van der Waals surface area contributed by atoms with Gasteiger partial charge < -0.3 is 54.7 Å². The topological polar surface area (TPSA) is 179 Å². The number of aromatic hydroxyl groups is 1. The largest absolute Gasteiger partial charge is 0.508 e.